The van der Waals surface area contributed by atoms with Crippen molar-refractivity contribution in [2.45, 2.75) is 25.5 Å². The van der Waals surface area contributed by atoms with E-state index in [2.05, 4.69) is 21.5 Å². The van der Waals surface area contributed by atoms with E-state index in [1.807, 2.05) is 6.92 Å². The second-order valence-corrected chi connectivity index (χ2v) is 5.91. The van der Waals surface area contributed by atoms with Gasteiger partial charge in [0.15, 0.2) is 5.82 Å². The predicted molar refractivity (Wildman–Crippen MR) is 86.4 cm³/mol. The van der Waals surface area contributed by atoms with Gasteiger partial charge in [-0.3, -0.25) is 9.48 Å². The molecule has 0 aromatic carbocycles. The molecule has 0 saturated carbocycles. The molecule has 0 spiro atoms. The highest BCUT2D eigenvalue weighted by molar-refractivity contribution is 5.98. The van der Waals surface area contributed by atoms with Crippen molar-refractivity contribution in [3.63, 3.8) is 0 Å². The first-order valence-corrected chi connectivity index (χ1v) is 7.76. The highest BCUT2D eigenvalue weighted by atomic mass is 19.1. The molecular weight excluding hydrogens is 327 g/mol. The molecular formula is C16H17FN6O2. The van der Waals surface area contributed by atoms with E-state index >= 15 is 0 Å². The van der Waals surface area contributed by atoms with Crippen LogP contribution in [0.3, 0.4) is 0 Å². The van der Waals surface area contributed by atoms with E-state index in [4.69, 9.17) is 10.5 Å². The maximum Gasteiger partial charge on any atom is 0.254 e. The lowest BCUT2D eigenvalue weighted by molar-refractivity contribution is -0.0215. The number of primary amides is 1. The van der Waals surface area contributed by atoms with Gasteiger partial charge < -0.3 is 15.8 Å². The van der Waals surface area contributed by atoms with Crippen molar-refractivity contribution in [1.29, 1.82) is 5.26 Å². The number of hydrogen-bond acceptors (Lipinski definition) is 6. The molecule has 1 saturated heterocycles. The summed E-state index contributed by atoms with van der Waals surface area (Å²) in [6.45, 7) is 2.21. The maximum atomic E-state index is 13.2. The topological polar surface area (TPSA) is 119 Å². The monoisotopic (exact) mass is 344 g/mol. The smallest absolute Gasteiger partial charge is 0.254 e. The van der Waals surface area contributed by atoms with Crippen LogP contribution in [0.25, 0.3) is 0 Å². The fourth-order valence-electron chi connectivity index (χ4n) is 2.81. The molecule has 1 aliphatic rings. The van der Waals surface area contributed by atoms with Crippen LogP contribution in [0.5, 0.6) is 0 Å². The second kappa shape index (κ2) is 6.86. The van der Waals surface area contributed by atoms with Crippen LogP contribution in [0.15, 0.2) is 24.5 Å². The Morgan fingerprint density at radius 2 is 2.40 bits per heavy atom. The van der Waals surface area contributed by atoms with Crippen molar-refractivity contribution in [3.05, 3.63) is 36.0 Å². The SMILES string of the molecule is C[C@@H]1C[C@H](C#N)[C@H](n2cc(C(N)=O)c(Nc3ccnc(F)c3)n2)CO1. The number of anilines is 2. The van der Waals surface area contributed by atoms with Crippen LogP contribution < -0.4 is 11.1 Å². The number of halogens is 1. The summed E-state index contributed by atoms with van der Waals surface area (Å²) in [7, 11) is 0. The van der Waals surface area contributed by atoms with Crippen molar-refractivity contribution in [3.8, 4) is 6.07 Å². The number of rotatable bonds is 4. The Labute approximate surface area is 143 Å². The molecule has 3 N–H and O–H groups in total. The van der Waals surface area contributed by atoms with Gasteiger partial charge >= 0.3 is 0 Å². The number of carbonyl (C=O) groups excluding carboxylic acids is 1. The van der Waals surface area contributed by atoms with Gasteiger partial charge in [0.25, 0.3) is 5.91 Å². The molecule has 1 aliphatic heterocycles. The third-order valence-corrected chi connectivity index (χ3v) is 4.09. The van der Waals surface area contributed by atoms with Gasteiger partial charge in [-0.2, -0.15) is 14.8 Å². The minimum absolute atomic E-state index is 0.00976. The van der Waals surface area contributed by atoms with E-state index in [9.17, 15) is 14.4 Å². The standard InChI is InChI=1S/C16H17FN6O2/c1-9-4-10(6-18)13(8-25-9)23-7-12(15(19)24)16(22-23)21-11-2-3-20-14(17)5-11/h2-3,5,7,9-10,13H,4,8H2,1H3,(H2,19,24)(H,20,21,22)/t9-,10-,13-/m1/s1. The quantitative estimate of drug-likeness (QED) is 0.816. The molecule has 25 heavy (non-hydrogen) atoms. The van der Waals surface area contributed by atoms with Crippen LogP contribution in [0.4, 0.5) is 15.9 Å². The van der Waals surface area contributed by atoms with Crippen molar-refractivity contribution < 1.29 is 13.9 Å². The lowest BCUT2D eigenvalue weighted by atomic mass is 9.93. The predicted octanol–water partition coefficient (Wildman–Crippen LogP) is 1.75. The summed E-state index contributed by atoms with van der Waals surface area (Å²) in [5.74, 6) is -1.45. The third-order valence-electron chi connectivity index (χ3n) is 4.09. The van der Waals surface area contributed by atoms with Gasteiger partial charge in [-0.1, -0.05) is 0 Å². The van der Waals surface area contributed by atoms with Crippen LogP contribution in [-0.2, 0) is 4.74 Å². The molecule has 0 bridgehead atoms. The summed E-state index contributed by atoms with van der Waals surface area (Å²) in [6, 6.07) is 4.65. The number of carbonyl (C=O) groups is 1. The fourth-order valence-corrected chi connectivity index (χ4v) is 2.81. The van der Waals surface area contributed by atoms with Gasteiger partial charge in [0.2, 0.25) is 5.95 Å². The third kappa shape index (κ3) is 3.59. The number of nitriles is 1. The van der Waals surface area contributed by atoms with Gasteiger partial charge in [-0.25, -0.2) is 4.98 Å². The van der Waals surface area contributed by atoms with Crippen LogP contribution in [0.1, 0.15) is 29.7 Å². The molecule has 0 radical (unpaired) electrons. The van der Waals surface area contributed by atoms with E-state index in [1.165, 1.54) is 29.2 Å². The highest BCUT2D eigenvalue weighted by Crippen LogP contribution is 2.30. The minimum Gasteiger partial charge on any atom is -0.376 e. The van der Waals surface area contributed by atoms with E-state index in [-0.39, 0.29) is 29.4 Å². The summed E-state index contributed by atoms with van der Waals surface area (Å²) in [5.41, 5.74) is 5.94. The van der Waals surface area contributed by atoms with Gasteiger partial charge in [-0.15, -0.1) is 0 Å². The zero-order valence-corrected chi connectivity index (χ0v) is 13.5. The van der Waals surface area contributed by atoms with Gasteiger partial charge in [-0.05, 0) is 19.4 Å². The highest BCUT2D eigenvalue weighted by Gasteiger charge is 2.32. The molecule has 3 rings (SSSR count). The van der Waals surface area contributed by atoms with E-state index in [1.54, 1.807) is 0 Å². The zero-order valence-electron chi connectivity index (χ0n) is 13.5. The van der Waals surface area contributed by atoms with Crippen LogP contribution in [0.2, 0.25) is 0 Å². The summed E-state index contributed by atoms with van der Waals surface area (Å²) in [4.78, 5) is 15.2. The van der Waals surface area contributed by atoms with E-state index in [0.29, 0.717) is 18.7 Å². The van der Waals surface area contributed by atoms with Gasteiger partial charge in [0, 0.05) is 24.1 Å². The molecule has 9 heteroatoms. The number of pyridine rings is 1. The van der Waals surface area contributed by atoms with Crippen molar-refractivity contribution >= 4 is 17.4 Å². The zero-order chi connectivity index (χ0) is 18.0. The number of hydrogen-bond donors (Lipinski definition) is 2. The number of ether oxygens (including phenoxy) is 1. The lowest BCUT2D eigenvalue weighted by Gasteiger charge is -2.31. The molecule has 3 heterocycles. The maximum absolute atomic E-state index is 13.2. The second-order valence-electron chi connectivity index (χ2n) is 5.91. The molecule has 1 amide bonds. The van der Waals surface area contributed by atoms with Crippen LogP contribution in [-0.4, -0.2) is 33.4 Å². The lowest BCUT2D eigenvalue weighted by Crippen LogP contribution is -2.33. The number of nitrogens with one attached hydrogen (secondary N) is 1. The van der Waals surface area contributed by atoms with Crippen LogP contribution in [0, 0.1) is 23.2 Å². The van der Waals surface area contributed by atoms with Gasteiger partial charge in [0.05, 0.1) is 30.7 Å². The molecule has 2 aromatic rings. The molecule has 3 atom stereocenters. The molecule has 0 unspecified atom stereocenters. The first kappa shape index (κ1) is 16.9. The number of amides is 1. The number of nitrogens with two attached hydrogens (primary N) is 1. The Hall–Kier alpha value is -2.99. The molecule has 1 fully saturated rings. The summed E-state index contributed by atoms with van der Waals surface area (Å²) in [5, 5.41) is 16.6. The van der Waals surface area contributed by atoms with E-state index in [0.717, 1.165) is 0 Å². The average Bonchev–Trinajstić information content (AvgIpc) is 2.98. The normalized spacial score (nSPS) is 23.0. The fraction of sp³-hybridized carbons (Fsp3) is 0.375. The Kier molecular flexibility index (Phi) is 4.63. The van der Waals surface area contributed by atoms with Crippen LogP contribution >= 0.6 is 0 Å². The number of aromatic nitrogens is 3. The summed E-state index contributed by atoms with van der Waals surface area (Å²) < 4.78 is 20.4. The van der Waals surface area contributed by atoms with Crippen molar-refractivity contribution in [1.82, 2.24) is 14.8 Å². The molecule has 0 aliphatic carbocycles. The van der Waals surface area contributed by atoms with Gasteiger partial charge in [0.1, 0.15) is 5.56 Å². The largest absolute Gasteiger partial charge is 0.376 e. The Morgan fingerprint density at radius 1 is 1.60 bits per heavy atom. The van der Waals surface area contributed by atoms with E-state index < -0.39 is 11.9 Å². The molecule has 2 aromatic heterocycles. The molecule has 8 nitrogen and oxygen atoms in total. The molecule has 130 valence electrons. The van der Waals surface area contributed by atoms with Crippen molar-refractivity contribution in [2.75, 3.05) is 11.9 Å². The summed E-state index contributed by atoms with van der Waals surface area (Å²) >= 11 is 0. The Balaban J connectivity index is 1.92. The number of nitrogens with zero attached hydrogens (tertiary/aromatic N) is 4. The summed E-state index contributed by atoms with van der Waals surface area (Å²) in [6.07, 6.45) is 3.34. The minimum atomic E-state index is -0.679. The average molecular weight is 344 g/mol. The van der Waals surface area contributed by atoms with Crippen molar-refractivity contribution in [2.24, 2.45) is 11.7 Å². The first-order valence-electron chi connectivity index (χ1n) is 7.76. The Morgan fingerprint density at radius 3 is 3.08 bits per heavy atom. The Bertz CT molecular complexity index is 830. The first-order chi connectivity index (χ1) is 12.0.